The molecule has 0 aliphatic heterocycles. The van der Waals surface area contributed by atoms with E-state index in [1.165, 1.54) is 4.88 Å². The van der Waals surface area contributed by atoms with Crippen molar-refractivity contribution in [1.82, 2.24) is 0 Å². The molecule has 0 aliphatic rings. The van der Waals surface area contributed by atoms with Crippen molar-refractivity contribution in [2.75, 3.05) is 0 Å². The molecule has 0 saturated carbocycles. The van der Waals surface area contributed by atoms with E-state index in [1.807, 2.05) is 6.07 Å². The Labute approximate surface area is 95.9 Å². The zero-order chi connectivity index (χ0) is 10.3. The number of benzene rings is 1. The number of phenols is 1. The SMILES string of the molecule is CCc1cc2cc(O)c(Cl)c(Cl)c2s1. The largest absolute Gasteiger partial charge is 0.506 e. The molecule has 14 heavy (non-hydrogen) atoms. The molecule has 0 fully saturated rings. The first-order valence-corrected chi connectivity index (χ1v) is 5.80. The number of rotatable bonds is 1. The van der Waals surface area contributed by atoms with Gasteiger partial charge in [0.05, 0.1) is 9.72 Å². The van der Waals surface area contributed by atoms with Crippen molar-refractivity contribution >= 4 is 44.6 Å². The van der Waals surface area contributed by atoms with E-state index in [4.69, 9.17) is 23.2 Å². The Morgan fingerprint density at radius 1 is 1.29 bits per heavy atom. The Hall–Kier alpha value is -0.440. The standard InChI is InChI=1S/C10H8Cl2OS/c1-2-6-3-5-4-7(13)8(11)9(12)10(5)14-6/h3-4,13H,2H2,1H3. The van der Waals surface area contributed by atoms with E-state index in [2.05, 4.69) is 6.92 Å². The van der Waals surface area contributed by atoms with Crippen LogP contribution in [0.4, 0.5) is 0 Å². The molecule has 0 saturated heterocycles. The second-order valence-corrected chi connectivity index (χ2v) is 4.90. The number of hydrogen-bond acceptors (Lipinski definition) is 2. The fourth-order valence-corrected chi connectivity index (χ4v) is 2.88. The van der Waals surface area contributed by atoms with Gasteiger partial charge in [-0.15, -0.1) is 11.3 Å². The number of phenolic OH excluding ortho intramolecular Hbond substituents is 1. The first kappa shape index (κ1) is 10.1. The molecule has 4 heteroatoms. The Morgan fingerprint density at radius 3 is 2.64 bits per heavy atom. The van der Waals surface area contributed by atoms with E-state index >= 15 is 0 Å². The molecule has 74 valence electrons. The summed E-state index contributed by atoms with van der Waals surface area (Å²) >= 11 is 13.5. The highest BCUT2D eigenvalue weighted by molar-refractivity contribution is 7.19. The molecule has 0 amide bonds. The third-order valence-corrected chi connectivity index (χ3v) is 4.35. The Kier molecular flexibility index (Phi) is 2.60. The fraction of sp³-hybridized carbons (Fsp3) is 0.200. The summed E-state index contributed by atoms with van der Waals surface area (Å²) in [4.78, 5) is 1.24. The second-order valence-electron chi connectivity index (χ2n) is 3.01. The molecule has 1 aromatic carbocycles. The maximum Gasteiger partial charge on any atom is 0.136 e. The molecule has 1 aromatic heterocycles. The Morgan fingerprint density at radius 2 is 2.00 bits per heavy atom. The molecule has 2 aromatic rings. The number of aryl methyl sites for hydroxylation is 1. The predicted octanol–water partition coefficient (Wildman–Crippen LogP) is 4.48. The van der Waals surface area contributed by atoms with Gasteiger partial charge in [0.1, 0.15) is 10.8 Å². The molecule has 0 radical (unpaired) electrons. The molecule has 0 aliphatic carbocycles. The third-order valence-electron chi connectivity index (χ3n) is 2.07. The number of thiophene rings is 1. The number of fused-ring (bicyclic) bond motifs is 1. The van der Waals surface area contributed by atoms with Crippen molar-refractivity contribution in [3.8, 4) is 5.75 Å². The molecule has 1 heterocycles. The van der Waals surface area contributed by atoms with Crippen LogP contribution in [-0.2, 0) is 6.42 Å². The molecule has 1 N–H and O–H groups in total. The van der Waals surface area contributed by atoms with E-state index in [1.54, 1.807) is 17.4 Å². The topological polar surface area (TPSA) is 20.2 Å². The van der Waals surface area contributed by atoms with Crippen molar-refractivity contribution in [1.29, 1.82) is 0 Å². The molecule has 0 atom stereocenters. The van der Waals surface area contributed by atoms with Crippen LogP contribution < -0.4 is 0 Å². The Bertz CT molecular complexity index is 490. The minimum absolute atomic E-state index is 0.0459. The van der Waals surface area contributed by atoms with Crippen molar-refractivity contribution in [2.45, 2.75) is 13.3 Å². The van der Waals surface area contributed by atoms with Crippen LogP contribution in [0.25, 0.3) is 10.1 Å². The zero-order valence-corrected chi connectivity index (χ0v) is 9.80. The Balaban J connectivity index is 2.81. The molecule has 2 rings (SSSR count). The van der Waals surface area contributed by atoms with E-state index in [-0.39, 0.29) is 10.8 Å². The summed E-state index contributed by atoms with van der Waals surface area (Å²) in [6.45, 7) is 2.08. The van der Waals surface area contributed by atoms with Crippen LogP contribution in [0, 0.1) is 0 Å². The van der Waals surface area contributed by atoms with Crippen molar-refractivity contribution in [3.05, 3.63) is 27.1 Å². The zero-order valence-electron chi connectivity index (χ0n) is 7.47. The average Bonchev–Trinajstić information content (AvgIpc) is 2.57. The molecule has 0 unspecified atom stereocenters. The summed E-state index contributed by atoms with van der Waals surface area (Å²) < 4.78 is 0.950. The van der Waals surface area contributed by atoms with E-state index in [0.717, 1.165) is 16.5 Å². The molecular weight excluding hydrogens is 239 g/mol. The number of halogens is 2. The van der Waals surface area contributed by atoms with E-state index < -0.39 is 0 Å². The smallest absolute Gasteiger partial charge is 0.136 e. The minimum Gasteiger partial charge on any atom is -0.506 e. The molecule has 0 bridgehead atoms. The number of aromatic hydroxyl groups is 1. The van der Waals surface area contributed by atoms with Crippen molar-refractivity contribution in [3.63, 3.8) is 0 Å². The van der Waals surface area contributed by atoms with Gasteiger partial charge in [-0.25, -0.2) is 0 Å². The molecule has 0 spiro atoms. The highest BCUT2D eigenvalue weighted by Crippen LogP contribution is 2.41. The van der Waals surface area contributed by atoms with Gasteiger partial charge < -0.3 is 5.11 Å². The first-order valence-electron chi connectivity index (χ1n) is 4.23. The minimum atomic E-state index is 0.0459. The monoisotopic (exact) mass is 246 g/mol. The molecule has 1 nitrogen and oxygen atoms in total. The van der Waals surface area contributed by atoms with Crippen LogP contribution in [0.2, 0.25) is 10.0 Å². The van der Waals surface area contributed by atoms with Gasteiger partial charge in [0, 0.05) is 4.88 Å². The van der Waals surface area contributed by atoms with Crippen LogP contribution >= 0.6 is 34.5 Å². The maximum absolute atomic E-state index is 9.47. The summed E-state index contributed by atoms with van der Waals surface area (Å²) in [6, 6.07) is 3.68. The van der Waals surface area contributed by atoms with Crippen molar-refractivity contribution in [2.24, 2.45) is 0 Å². The van der Waals surface area contributed by atoms with Gasteiger partial charge in [-0.2, -0.15) is 0 Å². The summed E-state index contributed by atoms with van der Waals surface area (Å²) in [5.74, 6) is 0.0459. The second kappa shape index (κ2) is 3.61. The van der Waals surface area contributed by atoms with Gasteiger partial charge in [-0.05, 0) is 23.9 Å². The van der Waals surface area contributed by atoms with Crippen LogP contribution in [0.3, 0.4) is 0 Å². The highest BCUT2D eigenvalue weighted by Gasteiger charge is 2.11. The van der Waals surface area contributed by atoms with Gasteiger partial charge in [0.15, 0.2) is 0 Å². The number of hydrogen-bond donors (Lipinski definition) is 1. The van der Waals surface area contributed by atoms with Gasteiger partial charge in [-0.3, -0.25) is 0 Å². The molecular formula is C10H8Cl2OS. The lowest BCUT2D eigenvalue weighted by Gasteiger charge is -1.99. The lowest BCUT2D eigenvalue weighted by Crippen LogP contribution is -1.71. The van der Waals surface area contributed by atoms with Crippen LogP contribution in [0.15, 0.2) is 12.1 Å². The predicted molar refractivity (Wildman–Crippen MR) is 62.9 cm³/mol. The first-order chi connectivity index (χ1) is 6.63. The van der Waals surface area contributed by atoms with Gasteiger partial charge >= 0.3 is 0 Å². The summed E-state index contributed by atoms with van der Waals surface area (Å²) in [5, 5.41) is 11.1. The highest BCUT2D eigenvalue weighted by atomic mass is 35.5. The van der Waals surface area contributed by atoms with Crippen LogP contribution in [0.1, 0.15) is 11.8 Å². The lowest BCUT2D eigenvalue weighted by molar-refractivity contribution is 0.476. The van der Waals surface area contributed by atoms with Gasteiger partial charge in [-0.1, -0.05) is 30.1 Å². The fourth-order valence-electron chi connectivity index (χ4n) is 1.33. The lowest BCUT2D eigenvalue weighted by atomic mass is 10.2. The quantitative estimate of drug-likeness (QED) is 0.787. The van der Waals surface area contributed by atoms with Crippen molar-refractivity contribution < 1.29 is 5.11 Å². The summed E-state index contributed by atoms with van der Waals surface area (Å²) in [7, 11) is 0. The summed E-state index contributed by atoms with van der Waals surface area (Å²) in [6.07, 6.45) is 0.966. The normalized spacial score (nSPS) is 11.1. The third kappa shape index (κ3) is 1.48. The van der Waals surface area contributed by atoms with Gasteiger partial charge in [0.2, 0.25) is 0 Å². The van der Waals surface area contributed by atoms with E-state index in [9.17, 15) is 5.11 Å². The van der Waals surface area contributed by atoms with Crippen LogP contribution in [0.5, 0.6) is 5.75 Å². The summed E-state index contributed by atoms with van der Waals surface area (Å²) in [5.41, 5.74) is 0. The van der Waals surface area contributed by atoms with Gasteiger partial charge in [0.25, 0.3) is 0 Å². The maximum atomic E-state index is 9.47. The van der Waals surface area contributed by atoms with E-state index in [0.29, 0.717) is 5.02 Å². The average molecular weight is 247 g/mol. The van der Waals surface area contributed by atoms with Crippen LogP contribution in [-0.4, -0.2) is 5.11 Å².